The monoisotopic (exact) mass is 290 g/mol. The Bertz CT molecular complexity index is 656. The van der Waals surface area contributed by atoms with Crippen molar-refractivity contribution in [2.45, 2.75) is 13.5 Å². The Labute approximate surface area is 122 Å². The number of benzene rings is 2. The van der Waals surface area contributed by atoms with Gasteiger partial charge in [0.05, 0.1) is 5.02 Å². The summed E-state index contributed by atoms with van der Waals surface area (Å²) in [5.74, 6) is 0.0875. The fourth-order valence-corrected chi connectivity index (χ4v) is 1.97. The maximum Gasteiger partial charge on any atom is 0.248 e. The van der Waals surface area contributed by atoms with Gasteiger partial charge in [-0.1, -0.05) is 17.7 Å². The number of ether oxygens (including phenoxy) is 1. The molecule has 0 fully saturated rings. The number of rotatable bonds is 4. The molecule has 1 amide bonds. The van der Waals surface area contributed by atoms with Gasteiger partial charge >= 0.3 is 0 Å². The van der Waals surface area contributed by atoms with Crippen molar-refractivity contribution in [1.82, 2.24) is 0 Å². The van der Waals surface area contributed by atoms with Crippen LogP contribution in [-0.4, -0.2) is 5.91 Å². The second-order valence-corrected chi connectivity index (χ2v) is 4.89. The number of aryl methyl sites for hydroxylation is 1. The van der Waals surface area contributed by atoms with E-state index < -0.39 is 5.91 Å². The van der Waals surface area contributed by atoms with Gasteiger partial charge in [0.1, 0.15) is 12.4 Å². The van der Waals surface area contributed by atoms with E-state index in [1.807, 2.05) is 13.0 Å². The average molecular weight is 291 g/mol. The van der Waals surface area contributed by atoms with Crippen molar-refractivity contribution >= 4 is 23.2 Å². The number of nitrogen functional groups attached to an aromatic ring is 1. The Hall–Kier alpha value is -2.20. The average Bonchev–Trinajstić information content (AvgIpc) is 2.40. The summed E-state index contributed by atoms with van der Waals surface area (Å²) in [6.45, 7) is 2.24. The SMILES string of the molecule is Cc1cc(C(N)=O)ccc1COc1cc(N)ccc1Cl. The van der Waals surface area contributed by atoms with E-state index in [0.29, 0.717) is 28.6 Å². The molecule has 0 radical (unpaired) electrons. The van der Waals surface area contributed by atoms with Gasteiger partial charge < -0.3 is 16.2 Å². The zero-order valence-electron chi connectivity index (χ0n) is 11.0. The van der Waals surface area contributed by atoms with Crippen molar-refractivity contribution < 1.29 is 9.53 Å². The standard InChI is InChI=1S/C15H15ClN2O2/c1-9-6-10(15(18)19)2-3-11(9)8-20-14-7-12(17)4-5-13(14)16/h2-7H,8,17H2,1H3,(H2,18,19). The first kappa shape index (κ1) is 14.2. The van der Waals surface area contributed by atoms with Gasteiger partial charge in [0.25, 0.3) is 0 Å². The third kappa shape index (κ3) is 3.22. The van der Waals surface area contributed by atoms with Crippen molar-refractivity contribution in [2.75, 3.05) is 5.73 Å². The van der Waals surface area contributed by atoms with Crippen molar-refractivity contribution in [3.8, 4) is 5.75 Å². The predicted molar refractivity (Wildman–Crippen MR) is 79.9 cm³/mol. The zero-order chi connectivity index (χ0) is 14.7. The molecular weight excluding hydrogens is 276 g/mol. The Morgan fingerprint density at radius 3 is 2.65 bits per heavy atom. The molecule has 0 saturated carbocycles. The summed E-state index contributed by atoms with van der Waals surface area (Å²) in [5.41, 5.74) is 13.9. The second-order valence-electron chi connectivity index (χ2n) is 4.48. The van der Waals surface area contributed by atoms with E-state index >= 15 is 0 Å². The first-order chi connectivity index (χ1) is 9.47. The van der Waals surface area contributed by atoms with Crippen LogP contribution in [0.1, 0.15) is 21.5 Å². The number of carbonyl (C=O) groups is 1. The fraction of sp³-hybridized carbons (Fsp3) is 0.133. The van der Waals surface area contributed by atoms with Gasteiger partial charge in [-0.15, -0.1) is 0 Å². The van der Waals surface area contributed by atoms with E-state index in [4.69, 9.17) is 27.8 Å². The van der Waals surface area contributed by atoms with Crippen molar-refractivity contribution in [1.29, 1.82) is 0 Å². The highest BCUT2D eigenvalue weighted by atomic mass is 35.5. The summed E-state index contributed by atoms with van der Waals surface area (Å²) in [6, 6.07) is 10.3. The molecule has 2 rings (SSSR count). The number of carbonyl (C=O) groups excluding carboxylic acids is 1. The predicted octanol–water partition coefficient (Wildman–Crippen LogP) is 2.91. The highest BCUT2D eigenvalue weighted by Crippen LogP contribution is 2.27. The van der Waals surface area contributed by atoms with Crippen LogP contribution in [0.2, 0.25) is 5.02 Å². The molecule has 0 bridgehead atoms. The van der Waals surface area contributed by atoms with Crippen LogP contribution < -0.4 is 16.2 Å². The molecule has 104 valence electrons. The van der Waals surface area contributed by atoms with E-state index in [2.05, 4.69) is 0 Å². The molecule has 20 heavy (non-hydrogen) atoms. The Morgan fingerprint density at radius 2 is 2.00 bits per heavy atom. The van der Waals surface area contributed by atoms with Crippen LogP contribution in [-0.2, 0) is 6.61 Å². The van der Waals surface area contributed by atoms with Gasteiger partial charge in [0.15, 0.2) is 0 Å². The van der Waals surface area contributed by atoms with Crippen LogP contribution in [0.3, 0.4) is 0 Å². The van der Waals surface area contributed by atoms with Crippen LogP contribution >= 0.6 is 11.6 Å². The number of nitrogens with two attached hydrogens (primary N) is 2. The minimum absolute atomic E-state index is 0.341. The molecule has 2 aromatic carbocycles. The van der Waals surface area contributed by atoms with Crippen molar-refractivity contribution in [3.63, 3.8) is 0 Å². The van der Waals surface area contributed by atoms with Crippen LogP contribution in [0.4, 0.5) is 5.69 Å². The van der Waals surface area contributed by atoms with Crippen LogP contribution in [0.25, 0.3) is 0 Å². The topological polar surface area (TPSA) is 78.3 Å². The quantitative estimate of drug-likeness (QED) is 0.850. The summed E-state index contributed by atoms with van der Waals surface area (Å²) in [4.78, 5) is 11.1. The molecular formula is C15H15ClN2O2. The lowest BCUT2D eigenvalue weighted by molar-refractivity contribution is 0.1000. The number of primary amides is 1. The number of anilines is 1. The van der Waals surface area contributed by atoms with E-state index in [9.17, 15) is 4.79 Å². The molecule has 0 aliphatic carbocycles. The molecule has 0 unspecified atom stereocenters. The molecule has 0 spiro atoms. The maximum atomic E-state index is 11.1. The van der Waals surface area contributed by atoms with Crippen LogP contribution in [0, 0.1) is 6.92 Å². The highest BCUT2D eigenvalue weighted by molar-refractivity contribution is 6.32. The Kier molecular flexibility index (Phi) is 4.15. The van der Waals surface area contributed by atoms with Crippen molar-refractivity contribution in [3.05, 3.63) is 58.1 Å². The third-order valence-corrected chi connectivity index (χ3v) is 3.28. The number of hydrogen-bond acceptors (Lipinski definition) is 3. The van der Waals surface area contributed by atoms with E-state index in [1.54, 1.807) is 30.3 Å². The normalized spacial score (nSPS) is 10.3. The van der Waals surface area contributed by atoms with Gasteiger partial charge in [0, 0.05) is 17.3 Å². The van der Waals surface area contributed by atoms with Gasteiger partial charge in [-0.25, -0.2) is 0 Å². The van der Waals surface area contributed by atoms with Crippen LogP contribution in [0.5, 0.6) is 5.75 Å². The molecule has 4 nitrogen and oxygen atoms in total. The Balaban J connectivity index is 2.15. The summed E-state index contributed by atoms with van der Waals surface area (Å²) < 4.78 is 5.66. The van der Waals surface area contributed by atoms with Gasteiger partial charge in [-0.05, 0) is 42.3 Å². The molecule has 0 aliphatic rings. The number of amides is 1. The minimum Gasteiger partial charge on any atom is -0.487 e. The maximum absolute atomic E-state index is 11.1. The van der Waals surface area contributed by atoms with Gasteiger partial charge in [-0.3, -0.25) is 4.79 Å². The fourth-order valence-electron chi connectivity index (χ4n) is 1.80. The lowest BCUT2D eigenvalue weighted by atomic mass is 10.1. The third-order valence-electron chi connectivity index (χ3n) is 2.97. The van der Waals surface area contributed by atoms with Gasteiger partial charge in [-0.2, -0.15) is 0 Å². The van der Waals surface area contributed by atoms with Gasteiger partial charge in [0.2, 0.25) is 5.91 Å². The lowest BCUT2D eigenvalue weighted by Crippen LogP contribution is -2.11. The molecule has 0 saturated heterocycles. The Morgan fingerprint density at radius 1 is 1.25 bits per heavy atom. The zero-order valence-corrected chi connectivity index (χ0v) is 11.8. The second kappa shape index (κ2) is 5.84. The smallest absolute Gasteiger partial charge is 0.248 e. The van der Waals surface area contributed by atoms with E-state index in [-0.39, 0.29) is 0 Å². The minimum atomic E-state index is -0.445. The molecule has 0 heterocycles. The lowest BCUT2D eigenvalue weighted by Gasteiger charge is -2.11. The molecule has 0 aliphatic heterocycles. The molecule has 2 aromatic rings. The summed E-state index contributed by atoms with van der Waals surface area (Å²) in [7, 11) is 0. The highest BCUT2D eigenvalue weighted by Gasteiger charge is 2.07. The summed E-state index contributed by atoms with van der Waals surface area (Å²) in [6.07, 6.45) is 0. The van der Waals surface area contributed by atoms with E-state index in [0.717, 1.165) is 11.1 Å². The number of halogens is 1. The van der Waals surface area contributed by atoms with Crippen molar-refractivity contribution in [2.24, 2.45) is 5.73 Å². The summed E-state index contributed by atoms with van der Waals surface area (Å²) in [5, 5.41) is 0.505. The molecule has 0 aromatic heterocycles. The van der Waals surface area contributed by atoms with Crippen LogP contribution in [0.15, 0.2) is 36.4 Å². The molecule has 0 atom stereocenters. The molecule has 5 heteroatoms. The first-order valence-corrected chi connectivity index (χ1v) is 6.42. The largest absolute Gasteiger partial charge is 0.487 e. The molecule has 4 N–H and O–H groups in total. The summed E-state index contributed by atoms with van der Waals surface area (Å²) >= 11 is 6.03. The van der Waals surface area contributed by atoms with E-state index in [1.165, 1.54) is 0 Å². The number of hydrogen-bond donors (Lipinski definition) is 2. The first-order valence-electron chi connectivity index (χ1n) is 6.04.